The van der Waals surface area contributed by atoms with Crippen molar-refractivity contribution in [3.8, 4) is 0 Å². The third kappa shape index (κ3) is 6.03. The zero-order chi connectivity index (χ0) is 23.9. The van der Waals surface area contributed by atoms with Crippen molar-refractivity contribution in [3.05, 3.63) is 57.8 Å². The SMILES string of the molecule is C[C@H](CCc1ncccc1C(N)=O)N1CCC(N(Cc2ccsc2)C(=O)Cc2nn[nH]n2)CC1. The van der Waals surface area contributed by atoms with Gasteiger partial charge in [-0.2, -0.15) is 16.6 Å². The Morgan fingerprint density at radius 1 is 1.32 bits per heavy atom. The Morgan fingerprint density at radius 2 is 2.15 bits per heavy atom. The molecule has 1 fully saturated rings. The van der Waals surface area contributed by atoms with E-state index >= 15 is 0 Å². The monoisotopic (exact) mass is 482 g/mol. The number of hydrogen-bond donors (Lipinski definition) is 2. The van der Waals surface area contributed by atoms with Crippen LogP contribution >= 0.6 is 11.3 Å². The Labute approximate surface area is 202 Å². The van der Waals surface area contributed by atoms with Crippen LogP contribution in [-0.2, 0) is 24.2 Å². The summed E-state index contributed by atoms with van der Waals surface area (Å²) in [7, 11) is 0. The van der Waals surface area contributed by atoms with Gasteiger partial charge in [0.25, 0.3) is 5.91 Å². The van der Waals surface area contributed by atoms with Gasteiger partial charge >= 0.3 is 0 Å². The molecule has 0 bridgehead atoms. The highest BCUT2D eigenvalue weighted by molar-refractivity contribution is 7.07. The zero-order valence-corrected chi connectivity index (χ0v) is 20.1. The molecule has 4 rings (SSSR count). The number of nitrogens with two attached hydrogens (primary N) is 1. The maximum atomic E-state index is 13.1. The summed E-state index contributed by atoms with van der Waals surface area (Å²) in [6, 6.07) is 6.03. The van der Waals surface area contributed by atoms with Gasteiger partial charge in [-0.25, -0.2) is 0 Å². The topological polar surface area (TPSA) is 134 Å². The van der Waals surface area contributed by atoms with Gasteiger partial charge in [0.1, 0.15) is 0 Å². The van der Waals surface area contributed by atoms with Crippen molar-refractivity contribution >= 4 is 23.2 Å². The largest absolute Gasteiger partial charge is 0.366 e. The van der Waals surface area contributed by atoms with Gasteiger partial charge in [-0.3, -0.25) is 14.6 Å². The van der Waals surface area contributed by atoms with Crippen molar-refractivity contribution in [3.63, 3.8) is 0 Å². The molecule has 34 heavy (non-hydrogen) atoms. The number of piperidine rings is 1. The number of aromatic amines is 1. The van der Waals surface area contributed by atoms with E-state index in [0.29, 0.717) is 30.4 Å². The molecular weight excluding hydrogens is 452 g/mol. The molecule has 2 amide bonds. The summed E-state index contributed by atoms with van der Waals surface area (Å²) >= 11 is 1.64. The van der Waals surface area contributed by atoms with Crippen LogP contribution in [0.5, 0.6) is 0 Å². The Hall–Kier alpha value is -3.18. The third-order valence-corrected chi connectivity index (χ3v) is 7.20. The van der Waals surface area contributed by atoms with Crippen molar-refractivity contribution in [2.24, 2.45) is 5.73 Å². The number of likely N-dealkylation sites (tertiary alicyclic amines) is 1. The Balaban J connectivity index is 1.34. The molecule has 0 unspecified atom stereocenters. The average molecular weight is 483 g/mol. The molecule has 0 aliphatic carbocycles. The van der Waals surface area contributed by atoms with Gasteiger partial charge in [0.15, 0.2) is 5.82 Å². The standard InChI is InChI=1S/C23H30N8O2S/c1-16(4-5-20-19(23(24)33)3-2-9-25-20)30-10-6-18(7-11-30)31(14-17-8-12-34-15-17)22(32)13-21-26-28-29-27-21/h2-3,8-9,12,15-16,18H,4-7,10-11,13-14H2,1H3,(H2,24,33)(H,26,27,28,29)/t16-/m1/s1. The number of tetrazole rings is 1. The van der Waals surface area contributed by atoms with Crippen LogP contribution in [0.25, 0.3) is 0 Å². The molecule has 10 nitrogen and oxygen atoms in total. The molecule has 1 aliphatic heterocycles. The molecule has 180 valence electrons. The Kier molecular flexibility index (Phi) is 7.96. The van der Waals surface area contributed by atoms with E-state index in [1.165, 1.54) is 0 Å². The molecule has 3 aromatic rings. The number of pyridine rings is 1. The fourth-order valence-corrected chi connectivity index (χ4v) is 5.18. The summed E-state index contributed by atoms with van der Waals surface area (Å²) in [6.45, 7) is 4.62. The van der Waals surface area contributed by atoms with E-state index in [1.807, 2.05) is 10.3 Å². The second-order valence-corrected chi connectivity index (χ2v) is 9.45. The molecule has 1 atom stereocenters. The van der Waals surface area contributed by atoms with E-state index in [9.17, 15) is 9.59 Å². The lowest BCUT2D eigenvalue weighted by atomic mass is 9.98. The first-order chi connectivity index (χ1) is 16.5. The predicted molar refractivity (Wildman–Crippen MR) is 128 cm³/mol. The van der Waals surface area contributed by atoms with E-state index in [4.69, 9.17) is 5.73 Å². The second-order valence-electron chi connectivity index (χ2n) is 8.67. The summed E-state index contributed by atoms with van der Waals surface area (Å²) < 4.78 is 0. The van der Waals surface area contributed by atoms with Crippen molar-refractivity contribution in [1.29, 1.82) is 0 Å². The van der Waals surface area contributed by atoms with Crippen LogP contribution in [0.15, 0.2) is 35.2 Å². The van der Waals surface area contributed by atoms with Gasteiger partial charge in [-0.15, -0.1) is 10.2 Å². The van der Waals surface area contributed by atoms with E-state index in [0.717, 1.165) is 43.6 Å². The number of carbonyl (C=O) groups excluding carboxylic acids is 2. The van der Waals surface area contributed by atoms with Gasteiger partial charge in [0.2, 0.25) is 5.91 Å². The number of nitrogens with one attached hydrogen (secondary N) is 1. The molecule has 1 saturated heterocycles. The fourth-order valence-electron chi connectivity index (χ4n) is 4.52. The van der Waals surface area contributed by atoms with Crippen molar-refractivity contribution in [2.75, 3.05) is 13.1 Å². The molecule has 0 aromatic carbocycles. The summed E-state index contributed by atoms with van der Waals surface area (Å²) in [5.74, 6) is -0.00257. The van der Waals surface area contributed by atoms with E-state index in [1.54, 1.807) is 29.7 Å². The van der Waals surface area contributed by atoms with Gasteiger partial charge < -0.3 is 15.5 Å². The number of aromatic nitrogens is 5. The quantitative estimate of drug-likeness (QED) is 0.450. The minimum atomic E-state index is -0.437. The number of H-pyrrole nitrogens is 1. The van der Waals surface area contributed by atoms with E-state index in [2.05, 4.69) is 48.9 Å². The maximum Gasteiger partial charge on any atom is 0.250 e. The lowest BCUT2D eigenvalue weighted by Gasteiger charge is -2.40. The Morgan fingerprint density at radius 3 is 2.82 bits per heavy atom. The normalized spacial score (nSPS) is 15.8. The van der Waals surface area contributed by atoms with Gasteiger partial charge in [-0.05, 0) is 67.1 Å². The minimum Gasteiger partial charge on any atom is -0.366 e. The molecular formula is C23H30N8O2S. The summed E-state index contributed by atoms with van der Waals surface area (Å²) in [6.07, 6.45) is 5.24. The van der Waals surface area contributed by atoms with Crippen LogP contribution < -0.4 is 5.73 Å². The number of primary amides is 1. The van der Waals surface area contributed by atoms with Crippen molar-refractivity contribution in [2.45, 2.75) is 57.7 Å². The van der Waals surface area contributed by atoms with E-state index in [-0.39, 0.29) is 18.4 Å². The number of aryl methyl sites for hydroxylation is 1. The molecule has 0 radical (unpaired) electrons. The van der Waals surface area contributed by atoms with E-state index < -0.39 is 5.91 Å². The number of rotatable bonds is 10. The first-order valence-corrected chi connectivity index (χ1v) is 12.5. The first-order valence-electron chi connectivity index (χ1n) is 11.5. The van der Waals surface area contributed by atoms with Crippen molar-refractivity contribution < 1.29 is 9.59 Å². The second kappa shape index (κ2) is 11.3. The molecule has 3 N–H and O–H groups in total. The van der Waals surface area contributed by atoms with Gasteiger partial charge in [0, 0.05) is 37.9 Å². The highest BCUT2D eigenvalue weighted by Crippen LogP contribution is 2.23. The average Bonchev–Trinajstić information content (AvgIpc) is 3.55. The lowest BCUT2D eigenvalue weighted by Crippen LogP contribution is -2.49. The van der Waals surface area contributed by atoms with Crippen LogP contribution in [0.2, 0.25) is 0 Å². The number of amides is 2. The number of carbonyl (C=O) groups is 2. The lowest BCUT2D eigenvalue weighted by molar-refractivity contribution is -0.134. The fraction of sp³-hybridized carbons (Fsp3) is 0.478. The van der Waals surface area contributed by atoms with Gasteiger partial charge in [-0.1, -0.05) is 5.21 Å². The first kappa shape index (κ1) is 24.0. The number of hydrogen-bond acceptors (Lipinski definition) is 8. The summed E-state index contributed by atoms with van der Waals surface area (Å²) in [5.41, 5.74) is 7.88. The molecule has 11 heteroatoms. The third-order valence-electron chi connectivity index (χ3n) is 6.47. The number of nitrogens with zero attached hydrogens (tertiary/aromatic N) is 6. The van der Waals surface area contributed by atoms with Crippen LogP contribution in [0.1, 0.15) is 53.6 Å². The highest BCUT2D eigenvalue weighted by atomic mass is 32.1. The highest BCUT2D eigenvalue weighted by Gasteiger charge is 2.30. The van der Waals surface area contributed by atoms with Crippen LogP contribution in [0.3, 0.4) is 0 Å². The Bertz CT molecular complexity index is 1060. The zero-order valence-electron chi connectivity index (χ0n) is 19.3. The molecule has 0 spiro atoms. The molecule has 0 saturated carbocycles. The predicted octanol–water partition coefficient (Wildman–Crippen LogP) is 1.81. The van der Waals surface area contributed by atoms with Crippen LogP contribution in [0, 0.1) is 0 Å². The molecule has 3 aromatic heterocycles. The summed E-state index contributed by atoms with van der Waals surface area (Å²) in [4.78, 5) is 33.6. The van der Waals surface area contributed by atoms with Crippen LogP contribution in [0.4, 0.5) is 0 Å². The minimum absolute atomic E-state index is 0.0215. The van der Waals surface area contributed by atoms with Crippen molar-refractivity contribution in [1.82, 2.24) is 35.4 Å². The van der Waals surface area contributed by atoms with Gasteiger partial charge in [0.05, 0.1) is 17.7 Å². The summed E-state index contributed by atoms with van der Waals surface area (Å²) in [5, 5.41) is 18.0. The smallest absolute Gasteiger partial charge is 0.250 e. The molecule has 4 heterocycles. The molecule has 1 aliphatic rings. The maximum absolute atomic E-state index is 13.1. The number of thiophene rings is 1. The van der Waals surface area contributed by atoms with Crippen LogP contribution in [-0.4, -0.2) is 72.4 Å².